The summed E-state index contributed by atoms with van der Waals surface area (Å²) in [5.74, 6) is 0.847. The van der Waals surface area contributed by atoms with Gasteiger partial charge in [0.15, 0.2) is 0 Å². The minimum absolute atomic E-state index is 0.256. The maximum Gasteiger partial charge on any atom is 0.0954 e. The molecule has 110 valence electrons. The molecule has 1 fully saturated rings. The average Bonchev–Trinajstić information content (AvgIpc) is 2.48. The molecule has 0 spiro atoms. The summed E-state index contributed by atoms with van der Waals surface area (Å²) in [6, 6.07) is 8.75. The summed E-state index contributed by atoms with van der Waals surface area (Å²) in [5.41, 5.74) is 2.87. The van der Waals surface area contributed by atoms with E-state index in [2.05, 4.69) is 41.5 Å². The van der Waals surface area contributed by atoms with Crippen molar-refractivity contribution in [2.45, 2.75) is 25.4 Å². The number of benzene rings is 1. The van der Waals surface area contributed by atoms with Crippen molar-refractivity contribution in [1.29, 1.82) is 0 Å². The van der Waals surface area contributed by atoms with Crippen LogP contribution >= 0.6 is 0 Å². The van der Waals surface area contributed by atoms with Gasteiger partial charge < -0.3 is 15.0 Å². The number of nitrogens with zero attached hydrogens (tertiary/aromatic N) is 1. The van der Waals surface area contributed by atoms with Gasteiger partial charge in [0.2, 0.25) is 0 Å². The number of nitrogens with one attached hydrogen (secondary N) is 1. The summed E-state index contributed by atoms with van der Waals surface area (Å²) in [4.78, 5) is 2.46. The first kappa shape index (κ1) is 14.1. The first-order chi connectivity index (χ1) is 9.83. The van der Waals surface area contributed by atoms with Crippen molar-refractivity contribution in [3.63, 3.8) is 0 Å². The van der Waals surface area contributed by atoms with Crippen LogP contribution in [0, 0.1) is 5.92 Å². The van der Waals surface area contributed by atoms with E-state index in [1.54, 1.807) is 0 Å². The molecular weight excluding hydrogens is 248 g/mol. The summed E-state index contributed by atoms with van der Waals surface area (Å²) in [7, 11) is 2.24. The molecule has 3 rings (SSSR count). The fourth-order valence-electron chi connectivity index (χ4n) is 3.49. The molecule has 1 unspecified atom stereocenters. The van der Waals surface area contributed by atoms with E-state index >= 15 is 0 Å². The Balaban J connectivity index is 1.57. The first-order valence-electron chi connectivity index (χ1n) is 7.91. The van der Waals surface area contributed by atoms with Crippen LogP contribution in [0.5, 0.6) is 0 Å². The van der Waals surface area contributed by atoms with Crippen LogP contribution in [-0.2, 0) is 11.2 Å². The number of ether oxygens (including phenoxy) is 1. The summed E-state index contributed by atoms with van der Waals surface area (Å²) in [5, 5.41) is 3.44. The molecule has 0 amide bonds. The Morgan fingerprint density at radius 1 is 1.20 bits per heavy atom. The van der Waals surface area contributed by atoms with E-state index in [1.807, 2.05) is 0 Å². The number of fused-ring (bicyclic) bond motifs is 1. The molecule has 1 saturated heterocycles. The molecule has 20 heavy (non-hydrogen) atoms. The van der Waals surface area contributed by atoms with Crippen molar-refractivity contribution in [2.24, 2.45) is 5.92 Å². The van der Waals surface area contributed by atoms with Crippen LogP contribution in [0.3, 0.4) is 0 Å². The van der Waals surface area contributed by atoms with Crippen LogP contribution in [0.1, 0.15) is 30.1 Å². The predicted molar refractivity (Wildman–Crippen MR) is 81.9 cm³/mol. The first-order valence-corrected chi connectivity index (χ1v) is 7.91. The molecule has 1 atom stereocenters. The lowest BCUT2D eigenvalue weighted by Gasteiger charge is -2.32. The Bertz CT molecular complexity index is 429. The summed E-state index contributed by atoms with van der Waals surface area (Å²) < 4.78 is 6.01. The number of hydrogen-bond donors (Lipinski definition) is 1. The smallest absolute Gasteiger partial charge is 0.0954 e. The van der Waals surface area contributed by atoms with E-state index in [9.17, 15) is 0 Å². The molecule has 2 aliphatic heterocycles. The van der Waals surface area contributed by atoms with Gasteiger partial charge in [0.1, 0.15) is 0 Å². The van der Waals surface area contributed by atoms with Crippen molar-refractivity contribution in [1.82, 2.24) is 10.2 Å². The zero-order valence-corrected chi connectivity index (χ0v) is 12.5. The Kier molecular flexibility index (Phi) is 4.71. The summed E-state index contributed by atoms with van der Waals surface area (Å²) in [6.45, 7) is 5.44. The minimum Gasteiger partial charge on any atom is -0.372 e. The fourth-order valence-corrected chi connectivity index (χ4v) is 3.49. The third-order valence-electron chi connectivity index (χ3n) is 4.60. The van der Waals surface area contributed by atoms with Crippen molar-refractivity contribution in [2.75, 3.05) is 39.8 Å². The van der Waals surface area contributed by atoms with Crippen LogP contribution in [0.4, 0.5) is 0 Å². The SMILES string of the molecule is CN(CC1CCNCC1)CC1OCCc2ccccc21. The van der Waals surface area contributed by atoms with Gasteiger partial charge in [0.25, 0.3) is 0 Å². The van der Waals surface area contributed by atoms with Crippen LogP contribution in [0.25, 0.3) is 0 Å². The molecule has 3 nitrogen and oxygen atoms in total. The summed E-state index contributed by atoms with van der Waals surface area (Å²) >= 11 is 0. The molecule has 0 radical (unpaired) electrons. The van der Waals surface area contributed by atoms with Gasteiger partial charge in [-0.2, -0.15) is 0 Å². The zero-order chi connectivity index (χ0) is 13.8. The van der Waals surface area contributed by atoms with E-state index in [0.717, 1.165) is 25.5 Å². The highest BCUT2D eigenvalue weighted by atomic mass is 16.5. The van der Waals surface area contributed by atoms with Gasteiger partial charge in [-0.15, -0.1) is 0 Å². The third kappa shape index (κ3) is 3.40. The van der Waals surface area contributed by atoms with Crippen LogP contribution in [0.15, 0.2) is 24.3 Å². The van der Waals surface area contributed by atoms with Crippen molar-refractivity contribution >= 4 is 0 Å². The Morgan fingerprint density at radius 3 is 2.85 bits per heavy atom. The summed E-state index contributed by atoms with van der Waals surface area (Å²) in [6.07, 6.45) is 3.94. The lowest BCUT2D eigenvalue weighted by atomic mass is 9.95. The Hall–Kier alpha value is -0.900. The number of hydrogen-bond acceptors (Lipinski definition) is 3. The van der Waals surface area contributed by atoms with E-state index in [-0.39, 0.29) is 6.10 Å². The molecule has 2 aliphatic rings. The Labute approximate surface area is 122 Å². The van der Waals surface area contributed by atoms with Crippen molar-refractivity contribution < 1.29 is 4.74 Å². The molecule has 0 aliphatic carbocycles. The molecule has 1 N–H and O–H groups in total. The molecular formula is C17H26N2O. The average molecular weight is 274 g/mol. The number of piperidine rings is 1. The van der Waals surface area contributed by atoms with Crippen molar-refractivity contribution in [3.05, 3.63) is 35.4 Å². The second kappa shape index (κ2) is 6.70. The zero-order valence-electron chi connectivity index (χ0n) is 12.5. The van der Waals surface area contributed by atoms with Crippen LogP contribution in [0.2, 0.25) is 0 Å². The van der Waals surface area contributed by atoms with Gasteiger partial charge in [-0.3, -0.25) is 0 Å². The maximum absolute atomic E-state index is 6.01. The van der Waals surface area contributed by atoms with Gasteiger partial charge >= 0.3 is 0 Å². The fraction of sp³-hybridized carbons (Fsp3) is 0.647. The molecule has 0 saturated carbocycles. The molecule has 2 heterocycles. The van der Waals surface area contributed by atoms with E-state index in [0.29, 0.717) is 0 Å². The second-order valence-corrected chi connectivity index (χ2v) is 6.22. The largest absolute Gasteiger partial charge is 0.372 e. The monoisotopic (exact) mass is 274 g/mol. The highest BCUT2D eigenvalue weighted by Crippen LogP contribution is 2.27. The van der Waals surface area contributed by atoms with Gasteiger partial charge in [0.05, 0.1) is 12.7 Å². The third-order valence-corrected chi connectivity index (χ3v) is 4.60. The van der Waals surface area contributed by atoms with Gasteiger partial charge in [-0.1, -0.05) is 24.3 Å². The molecule has 3 heteroatoms. The maximum atomic E-state index is 6.01. The lowest BCUT2D eigenvalue weighted by molar-refractivity contribution is 0.0176. The highest BCUT2D eigenvalue weighted by molar-refractivity contribution is 5.31. The Morgan fingerprint density at radius 2 is 2.00 bits per heavy atom. The molecule has 0 aromatic heterocycles. The highest BCUT2D eigenvalue weighted by Gasteiger charge is 2.23. The van der Waals surface area contributed by atoms with E-state index in [1.165, 1.54) is 43.6 Å². The standard InChI is InChI=1S/C17H26N2O/c1-19(12-14-6-9-18-10-7-14)13-17-16-5-3-2-4-15(16)8-11-20-17/h2-5,14,17-18H,6-13H2,1H3. The van der Waals surface area contributed by atoms with Crippen LogP contribution in [-0.4, -0.2) is 44.7 Å². The lowest BCUT2D eigenvalue weighted by Crippen LogP contribution is -2.37. The molecule has 0 bridgehead atoms. The van der Waals surface area contributed by atoms with Gasteiger partial charge in [-0.25, -0.2) is 0 Å². The number of likely N-dealkylation sites (N-methyl/N-ethyl adjacent to an activating group) is 1. The quantitative estimate of drug-likeness (QED) is 0.911. The normalized spacial score (nSPS) is 23.8. The topological polar surface area (TPSA) is 24.5 Å². The second-order valence-electron chi connectivity index (χ2n) is 6.22. The number of rotatable bonds is 4. The predicted octanol–water partition coefficient (Wildman–Crippen LogP) is 2.23. The van der Waals surface area contributed by atoms with Crippen molar-refractivity contribution in [3.8, 4) is 0 Å². The van der Waals surface area contributed by atoms with E-state index < -0.39 is 0 Å². The molecule has 1 aromatic carbocycles. The van der Waals surface area contributed by atoms with E-state index in [4.69, 9.17) is 4.74 Å². The van der Waals surface area contributed by atoms with Gasteiger partial charge in [0, 0.05) is 13.1 Å². The molecule has 1 aromatic rings. The van der Waals surface area contributed by atoms with Crippen LogP contribution < -0.4 is 5.32 Å². The van der Waals surface area contributed by atoms with Gasteiger partial charge in [-0.05, 0) is 56.4 Å². The minimum atomic E-state index is 0.256.